The first kappa shape index (κ1) is 12.4. The molecule has 2 heterocycles. The molecule has 92 valence electrons. The molecule has 0 saturated heterocycles. The van der Waals surface area contributed by atoms with E-state index in [1.54, 1.807) is 11.3 Å². The Morgan fingerprint density at radius 2 is 2.33 bits per heavy atom. The van der Waals surface area contributed by atoms with Gasteiger partial charge >= 0.3 is 0 Å². The van der Waals surface area contributed by atoms with Crippen LogP contribution >= 0.6 is 49.9 Å². The van der Waals surface area contributed by atoms with E-state index in [0.717, 1.165) is 27.4 Å². The average Bonchev–Trinajstić information content (AvgIpc) is 2.90. The molecule has 3 rings (SSSR count). The van der Waals surface area contributed by atoms with Crippen molar-refractivity contribution in [1.29, 1.82) is 0 Å². The van der Waals surface area contributed by atoms with Crippen LogP contribution < -0.4 is 5.32 Å². The van der Waals surface area contributed by atoms with E-state index in [1.807, 2.05) is 22.0 Å². The lowest BCUT2D eigenvalue weighted by Gasteiger charge is -2.07. The van der Waals surface area contributed by atoms with E-state index < -0.39 is 0 Å². The standard InChI is InChI=1S/C12H9BrIN3S/c13-8-1-2-10(14)11(5-8)15-6-9-7-17-3-4-18-12(17)16-9/h1-5,7,15H,6H2. The van der Waals surface area contributed by atoms with Gasteiger partial charge in [-0.2, -0.15) is 0 Å². The normalized spacial score (nSPS) is 11.0. The fourth-order valence-corrected chi connectivity index (χ4v) is 3.29. The molecule has 18 heavy (non-hydrogen) atoms. The number of imidazole rings is 1. The summed E-state index contributed by atoms with van der Waals surface area (Å²) in [4.78, 5) is 5.58. The van der Waals surface area contributed by atoms with Crippen molar-refractivity contribution in [2.24, 2.45) is 0 Å². The van der Waals surface area contributed by atoms with E-state index >= 15 is 0 Å². The first-order valence-electron chi connectivity index (χ1n) is 5.32. The van der Waals surface area contributed by atoms with E-state index in [9.17, 15) is 0 Å². The molecule has 0 atom stereocenters. The zero-order valence-electron chi connectivity index (χ0n) is 9.23. The van der Waals surface area contributed by atoms with Gasteiger partial charge in [0.2, 0.25) is 0 Å². The van der Waals surface area contributed by atoms with Gasteiger partial charge in [0.25, 0.3) is 0 Å². The van der Waals surface area contributed by atoms with Crippen LogP contribution in [0.5, 0.6) is 0 Å². The van der Waals surface area contributed by atoms with Crippen LogP contribution in [0.4, 0.5) is 5.69 Å². The van der Waals surface area contributed by atoms with Gasteiger partial charge in [0.15, 0.2) is 4.96 Å². The second-order valence-electron chi connectivity index (χ2n) is 3.80. The second kappa shape index (κ2) is 5.18. The van der Waals surface area contributed by atoms with Gasteiger partial charge < -0.3 is 5.32 Å². The fourth-order valence-electron chi connectivity index (χ4n) is 1.68. The van der Waals surface area contributed by atoms with Gasteiger partial charge in [0.05, 0.1) is 12.2 Å². The SMILES string of the molecule is Brc1ccc(I)c(NCc2cn3ccsc3n2)c1. The summed E-state index contributed by atoms with van der Waals surface area (Å²) in [6.45, 7) is 0.737. The molecule has 0 bridgehead atoms. The molecular formula is C12H9BrIN3S. The first-order valence-corrected chi connectivity index (χ1v) is 8.07. The largest absolute Gasteiger partial charge is 0.378 e. The Hall–Kier alpha value is -0.600. The fraction of sp³-hybridized carbons (Fsp3) is 0.0833. The summed E-state index contributed by atoms with van der Waals surface area (Å²) in [6, 6.07) is 6.21. The number of fused-ring (bicyclic) bond motifs is 1. The number of hydrogen-bond donors (Lipinski definition) is 1. The summed E-state index contributed by atoms with van der Waals surface area (Å²) in [5, 5.41) is 5.45. The quantitative estimate of drug-likeness (QED) is 0.621. The zero-order chi connectivity index (χ0) is 12.5. The minimum atomic E-state index is 0.737. The maximum atomic E-state index is 4.54. The first-order chi connectivity index (χ1) is 8.72. The Bertz CT molecular complexity index is 663. The highest BCUT2D eigenvalue weighted by Crippen LogP contribution is 2.23. The van der Waals surface area contributed by atoms with Crippen molar-refractivity contribution in [2.45, 2.75) is 6.54 Å². The maximum absolute atomic E-state index is 4.54. The lowest BCUT2D eigenvalue weighted by atomic mass is 10.3. The number of aromatic nitrogens is 2. The van der Waals surface area contributed by atoms with Gasteiger partial charge in [-0.05, 0) is 40.8 Å². The highest BCUT2D eigenvalue weighted by atomic mass is 127. The third-order valence-corrected chi connectivity index (χ3v) is 4.74. The third kappa shape index (κ3) is 2.55. The maximum Gasteiger partial charge on any atom is 0.193 e. The van der Waals surface area contributed by atoms with Gasteiger partial charge in [0.1, 0.15) is 0 Å². The van der Waals surface area contributed by atoms with Gasteiger partial charge in [-0.1, -0.05) is 15.9 Å². The predicted octanol–water partition coefficient (Wildman–Crippen LogP) is 4.38. The van der Waals surface area contributed by atoms with Crippen molar-refractivity contribution < 1.29 is 0 Å². The molecule has 2 aromatic heterocycles. The molecule has 0 saturated carbocycles. The van der Waals surface area contributed by atoms with Gasteiger partial charge in [-0.3, -0.25) is 4.40 Å². The number of nitrogens with one attached hydrogen (secondary N) is 1. The molecule has 3 nitrogen and oxygen atoms in total. The Kier molecular flexibility index (Phi) is 3.58. The monoisotopic (exact) mass is 433 g/mol. The lowest BCUT2D eigenvalue weighted by molar-refractivity contribution is 1.08. The van der Waals surface area contributed by atoms with Gasteiger partial charge in [-0.25, -0.2) is 4.98 Å². The molecule has 0 aliphatic heterocycles. The number of nitrogens with zero attached hydrogens (tertiary/aromatic N) is 2. The number of rotatable bonds is 3. The van der Waals surface area contributed by atoms with Crippen molar-refractivity contribution in [3.8, 4) is 0 Å². The smallest absolute Gasteiger partial charge is 0.193 e. The lowest BCUT2D eigenvalue weighted by Crippen LogP contribution is -2.01. The van der Waals surface area contributed by atoms with E-state index in [0.29, 0.717) is 0 Å². The number of hydrogen-bond acceptors (Lipinski definition) is 3. The average molecular weight is 434 g/mol. The zero-order valence-corrected chi connectivity index (χ0v) is 13.8. The minimum absolute atomic E-state index is 0.737. The molecule has 3 aromatic rings. The van der Waals surface area contributed by atoms with E-state index in [4.69, 9.17) is 0 Å². The summed E-state index contributed by atoms with van der Waals surface area (Å²) >= 11 is 7.46. The summed E-state index contributed by atoms with van der Waals surface area (Å²) < 4.78 is 4.33. The molecule has 0 aliphatic rings. The van der Waals surface area contributed by atoms with Crippen LogP contribution in [-0.4, -0.2) is 9.38 Å². The number of thiazole rings is 1. The number of halogens is 2. The van der Waals surface area contributed by atoms with Crippen LogP contribution in [0.3, 0.4) is 0 Å². The summed E-state index contributed by atoms with van der Waals surface area (Å²) in [5.41, 5.74) is 2.18. The topological polar surface area (TPSA) is 29.3 Å². The van der Waals surface area contributed by atoms with Crippen LogP contribution in [-0.2, 0) is 6.54 Å². The van der Waals surface area contributed by atoms with Crippen LogP contribution in [0.25, 0.3) is 4.96 Å². The van der Waals surface area contributed by atoms with E-state index in [-0.39, 0.29) is 0 Å². The van der Waals surface area contributed by atoms with Crippen molar-refractivity contribution >= 4 is 60.5 Å². The van der Waals surface area contributed by atoms with Gasteiger partial charge in [0, 0.05) is 31.5 Å². The molecule has 0 amide bonds. The van der Waals surface area contributed by atoms with Crippen LogP contribution in [0.15, 0.2) is 40.4 Å². The molecule has 0 aliphatic carbocycles. The molecule has 0 radical (unpaired) electrons. The molecule has 0 unspecified atom stereocenters. The number of benzene rings is 1. The molecule has 1 aromatic carbocycles. The van der Waals surface area contributed by atoms with Gasteiger partial charge in [-0.15, -0.1) is 11.3 Å². The summed E-state index contributed by atoms with van der Waals surface area (Å²) in [7, 11) is 0. The predicted molar refractivity (Wildman–Crippen MR) is 87.3 cm³/mol. The Balaban J connectivity index is 1.77. The van der Waals surface area contributed by atoms with Crippen LogP contribution in [0.2, 0.25) is 0 Å². The Morgan fingerprint density at radius 3 is 3.17 bits per heavy atom. The second-order valence-corrected chi connectivity index (χ2v) is 6.75. The molecule has 6 heteroatoms. The Labute approximate surface area is 131 Å². The van der Waals surface area contributed by atoms with Crippen molar-refractivity contribution in [3.05, 3.63) is 49.7 Å². The minimum Gasteiger partial charge on any atom is -0.378 e. The van der Waals surface area contributed by atoms with Crippen LogP contribution in [0, 0.1) is 3.57 Å². The summed E-state index contributed by atoms with van der Waals surface area (Å²) in [6.07, 6.45) is 4.09. The number of anilines is 1. The molecule has 0 spiro atoms. The van der Waals surface area contributed by atoms with Crippen molar-refractivity contribution in [3.63, 3.8) is 0 Å². The van der Waals surface area contributed by atoms with E-state index in [1.165, 1.54) is 3.57 Å². The highest BCUT2D eigenvalue weighted by Gasteiger charge is 2.04. The van der Waals surface area contributed by atoms with E-state index in [2.05, 4.69) is 67.2 Å². The summed E-state index contributed by atoms with van der Waals surface area (Å²) in [5.74, 6) is 0. The highest BCUT2D eigenvalue weighted by molar-refractivity contribution is 14.1. The van der Waals surface area contributed by atoms with Crippen molar-refractivity contribution in [1.82, 2.24) is 9.38 Å². The third-order valence-electron chi connectivity index (χ3n) is 2.53. The Morgan fingerprint density at radius 1 is 1.44 bits per heavy atom. The molecular weight excluding hydrogens is 425 g/mol. The molecule has 0 fully saturated rings. The van der Waals surface area contributed by atoms with Crippen molar-refractivity contribution in [2.75, 3.05) is 5.32 Å². The molecule has 1 N–H and O–H groups in total. The van der Waals surface area contributed by atoms with Crippen LogP contribution in [0.1, 0.15) is 5.69 Å².